The van der Waals surface area contributed by atoms with Crippen LogP contribution in [0, 0.1) is 0 Å². The Morgan fingerprint density at radius 1 is 1.30 bits per heavy atom. The number of hydrogen-bond acceptors (Lipinski definition) is 5. The van der Waals surface area contributed by atoms with Crippen molar-refractivity contribution >= 4 is 28.8 Å². The predicted octanol–water partition coefficient (Wildman–Crippen LogP) is 0.251. The summed E-state index contributed by atoms with van der Waals surface area (Å²) in [5.74, 6) is -0.964. The van der Waals surface area contributed by atoms with Crippen LogP contribution in [0.3, 0.4) is 0 Å². The average Bonchev–Trinajstić information content (AvgIpc) is 2.84. The average molecular weight is 315 g/mol. The fourth-order valence-corrected chi connectivity index (χ4v) is 2.27. The second-order valence-electron chi connectivity index (χ2n) is 4.90. The molecule has 3 rings (SSSR count). The van der Waals surface area contributed by atoms with Crippen LogP contribution in [-0.4, -0.2) is 30.2 Å². The Bertz CT molecular complexity index is 1000. The molecular formula is C14H13N5O4. The van der Waals surface area contributed by atoms with Crippen LogP contribution in [0.15, 0.2) is 39.9 Å². The number of nitrogens with one attached hydrogen (secondary N) is 2. The molecule has 0 aliphatic carbocycles. The van der Waals surface area contributed by atoms with Gasteiger partial charge in [0.05, 0.1) is 0 Å². The summed E-state index contributed by atoms with van der Waals surface area (Å²) in [6, 6.07) is 8.98. The van der Waals surface area contributed by atoms with Crippen LogP contribution in [0.2, 0.25) is 0 Å². The first kappa shape index (κ1) is 14.6. The van der Waals surface area contributed by atoms with E-state index in [1.807, 2.05) is 6.07 Å². The molecule has 0 aliphatic rings. The largest absolute Gasteiger partial charge is 0.480 e. The first-order valence-electron chi connectivity index (χ1n) is 6.71. The minimum absolute atomic E-state index is 0.0212. The van der Waals surface area contributed by atoms with Crippen LogP contribution >= 0.6 is 0 Å². The van der Waals surface area contributed by atoms with E-state index in [-0.39, 0.29) is 17.1 Å². The monoisotopic (exact) mass is 315 g/mol. The molecule has 1 aromatic carbocycles. The number of carboxylic acids is 1. The lowest BCUT2D eigenvalue weighted by Gasteiger charge is -2.08. The van der Waals surface area contributed by atoms with Crippen molar-refractivity contribution in [3.05, 3.63) is 51.2 Å². The number of anilines is 2. The van der Waals surface area contributed by atoms with Gasteiger partial charge in [-0.2, -0.15) is 4.98 Å². The molecule has 0 spiro atoms. The summed E-state index contributed by atoms with van der Waals surface area (Å²) in [5.41, 5.74) is -0.492. The molecule has 9 heteroatoms. The number of carbonyl (C=O) groups is 1. The van der Waals surface area contributed by atoms with Gasteiger partial charge < -0.3 is 10.4 Å². The number of H-pyrrole nitrogens is 1. The normalized spacial score (nSPS) is 10.8. The van der Waals surface area contributed by atoms with Gasteiger partial charge in [0.2, 0.25) is 5.95 Å². The Morgan fingerprint density at radius 2 is 2.00 bits per heavy atom. The van der Waals surface area contributed by atoms with Crippen LogP contribution in [0.5, 0.6) is 0 Å². The van der Waals surface area contributed by atoms with Gasteiger partial charge in [0.25, 0.3) is 5.56 Å². The number of hydrogen-bond donors (Lipinski definition) is 3. The highest BCUT2D eigenvalue weighted by molar-refractivity contribution is 5.78. The maximum atomic E-state index is 12.1. The third-order valence-corrected chi connectivity index (χ3v) is 3.33. The highest BCUT2D eigenvalue weighted by Crippen LogP contribution is 2.19. The lowest BCUT2D eigenvalue weighted by Crippen LogP contribution is -2.29. The molecule has 3 N–H and O–H groups in total. The lowest BCUT2D eigenvalue weighted by molar-refractivity contribution is -0.137. The van der Waals surface area contributed by atoms with Crippen molar-refractivity contribution in [3.8, 4) is 0 Å². The van der Waals surface area contributed by atoms with Crippen LogP contribution in [0.4, 0.5) is 11.6 Å². The summed E-state index contributed by atoms with van der Waals surface area (Å²) >= 11 is 0. The maximum absolute atomic E-state index is 12.1. The number of carboxylic acid groups (broad SMARTS) is 1. The Balaban J connectivity index is 2.26. The molecule has 2 aromatic heterocycles. The van der Waals surface area contributed by atoms with Gasteiger partial charge in [-0.3, -0.25) is 23.7 Å². The van der Waals surface area contributed by atoms with Crippen molar-refractivity contribution in [2.24, 2.45) is 7.05 Å². The fraction of sp³-hybridized carbons (Fsp3) is 0.143. The molecular weight excluding hydrogens is 302 g/mol. The van der Waals surface area contributed by atoms with E-state index in [0.717, 1.165) is 4.57 Å². The quantitative estimate of drug-likeness (QED) is 0.634. The first-order chi connectivity index (χ1) is 11.0. The smallest absolute Gasteiger partial charge is 0.329 e. The van der Waals surface area contributed by atoms with Gasteiger partial charge in [-0.25, -0.2) is 4.79 Å². The minimum Gasteiger partial charge on any atom is -0.480 e. The number of fused-ring (bicyclic) bond motifs is 1. The van der Waals surface area contributed by atoms with Crippen molar-refractivity contribution in [1.82, 2.24) is 19.1 Å². The summed E-state index contributed by atoms with van der Waals surface area (Å²) in [4.78, 5) is 41.2. The lowest BCUT2D eigenvalue weighted by atomic mass is 10.3. The SMILES string of the molecule is Cn1c(=O)[nH]c(=O)c2c1nc(Nc1ccccc1)n2CC(=O)O. The zero-order valence-corrected chi connectivity index (χ0v) is 12.1. The second-order valence-corrected chi connectivity index (χ2v) is 4.90. The van der Waals surface area contributed by atoms with E-state index in [4.69, 9.17) is 5.11 Å². The van der Waals surface area contributed by atoms with Crippen molar-refractivity contribution in [3.63, 3.8) is 0 Å². The number of benzene rings is 1. The molecule has 0 radical (unpaired) electrons. The van der Waals surface area contributed by atoms with Gasteiger partial charge in [-0.05, 0) is 12.1 Å². The zero-order valence-electron chi connectivity index (χ0n) is 12.1. The maximum Gasteiger partial charge on any atom is 0.329 e. The van der Waals surface area contributed by atoms with E-state index in [9.17, 15) is 14.4 Å². The molecule has 23 heavy (non-hydrogen) atoms. The molecule has 0 saturated carbocycles. The van der Waals surface area contributed by atoms with E-state index in [2.05, 4.69) is 15.3 Å². The van der Waals surface area contributed by atoms with Crippen molar-refractivity contribution < 1.29 is 9.90 Å². The summed E-state index contributed by atoms with van der Waals surface area (Å²) in [5, 5.41) is 12.1. The third kappa shape index (κ3) is 2.59. The van der Waals surface area contributed by atoms with Crippen LogP contribution in [-0.2, 0) is 18.4 Å². The van der Waals surface area contributed by atoms with Crippen LogP contribution in [0.25, 0.3) is 11.2 Å². The predicted molar refractivity (Wildman–Crippen MR) is 83.0 cm³/mol. The van der Waals surface area contributed by atoms with E-state index >= 15 is 0 Å². The molecule has 0 bridgehead atoms. The van der Waals surface area contributed by atoms with Gasteiger partial charge in [0, 0.05) is 12.7 Å². The number of aromatic nitrogens is 4. The Morgan fingerprint density at radius 3 is 2.65 bits per heavy atom. The molecule has 0 aliphatic heterocycles. The topological polar surface area (TPSA) is 122 Å². The minimum atomic E-state index is -1.13. The van der Waals surface area contributed by atoms with Crippen molar-refractivity contribution in [2.45, 2.75) is 6.54 Å². The summed E-state index contributed by atoms with van der Waals surface area (Å²) in [7, 11) is 1.45. The molecule has 3 aromatic rings. The van der Waals surface area contributed by atoms with E-state index in [1.54, 1.807) is 24.3 Å². The summed E-state index contributed by atoms with van der Waals surface area (Å²) < 4.78 is 2.38. The number of rotatable bonds is 4. The molecule has 0 amide bonds. The first-order valence-corrected chi connectivity index (χ1v) is 6.71. The highest BCUT2D eigenvalue weighted by Gasteiger charge is 2.19. The number of aromatic amines is 1. The van der Waals surface area contributed by atoms with E-state index < -0.39 is 23.8 Å². The van der Waals surface area contributed by atoms with E-state index in [0.29, 0.717) is 5.69 Å². The molecule has 0 atom stereocenters. The number of aryl methyl sites for hydroxylation is 1. The van der Waals surface area contributed by atoms with Crippen molar-refractivity contribution in [1.29, 1.82) is 0 Å². The third-order valence-electron chi connectivity index (χ3n) is 3.33. The molecule has 9 nitrogen and oxygen atoms in total. The molecule has 0 fully saturated rings. The Kier molecular flexibility index (Phi) is 3.45. The number of para-hydroxylation sites is 1. The molecule has 118 valence electrons. The van der Waals surface area contributed by atoms with Gasteiger partial charge in [0.1, 0.15) is 6.54 Å². The van der Waals surface area contributed by atoms with E-state index in [1.165, 1.54) is 11.6 Å². The van der Waals surface area contributed by atoms with Gasteiger partial charge in [-0.1, -0.05) is 18.2 Å². The molecule has 2 heterocycles. The van der Waals surface area contributed by atoms with Gasteiger partial charge in [0.15, 0.2) is 11.2 Å². The Labute approximate surface area is 128 Å². The second kappa shape index (κ2) is 5.44. The molecule has 0 saturated heterocycles. The van der Waals surface area contributed by atoms with Gasteiger partial charge in [-0.15, -0.1) is 0 Å². The van der Waals surface area contributed by atoms with Crippen LogP contribution in [0.1, 0.15) is 0 Å². The van der Waals surface area contributed by atoms with Crippen LogP contribution < -0.4 is 16.6 Å². The highest BCUT2D eigenvalue weighted by atomic mass is 16.4. The number of imidazole rings is 1. The Hall–Kier alpha value is -3.36. The number of nitrogens with zero attached hydrogens (tertiary/aromatic N) is 3. The zero-order chi connectivity index (χ0) is 16.6. The standard InChI is InChI=1S/C14H13N5O4/c1-18-11-10(12(22)17-14(18)23)19(7-9(20)21)13(16-11)15-8-5-3-2-4-6-8/h2-6H,7H2,1H3,(H,15,16)(H,20,21)(H,17,22,23). The van der Waals surface area contributed by atoms with Crippen molar-refractivity contribution in [2.75, 3.05) is 5.32 Å². The number of aliphatic carboxylic acids is 1. The fourth-order valence-electron chi connectivity index (χ4n) is 2.27. The molecule has 0 unspecified atom stereocenters. The summed E-state index contributed by atoms with van der Waals surface area (Å²) in [6.07, 6.45) is 0. The van der Waals surface area contributed by atoms with Gasteiger partial charge >= 0.3 is 11.7 Å². The summed E-state index contributed by atoms with van der Waals surface area (Å²) in [6.45, 7) is -0.465.